The van der Waals surface area contributed by atoms with Crippen molar-refractivity contribution >= 4 is 35.1 Å². The summed E-state index contributed by atoms with van der Waals surface area (Å²) in [5, 5.41) is 5.73. The number of nitrogens with one attached hydrogen (secondary N) is 2. The van der Waals surface area contributed by atoms with Gasteiger partial charge in [-0.1, -0.05) is 30.7 Å². The van der Waals surface area contributed by atoms with Crippen LogP contribution in [0.2, 0.25) is 5.02 Å². The van der Waals surface area contributed by atoms with Gasteiger partial charge < -0.3 is 15.4 Å². The van der Waals surface area contributed by atoms with E-state index in [-0.39, 0.29) is 0 Å². The Bertz CT molecular complexity index is 834. The SMILES string of the molecule is CCc1ccc(NC(=O)[C@@H](C)OC(=O)[C@H](C)NC(=O)c2ccc(Cl)cc2)cc1. The fourth-order valence-electron chi connectivity index (χ4n) is 2.34. The van der Waals surface area contributed by atoms with Crippen molar-refractivity contribution in [1.29, 1.82) is 0 Å². The first-order valence-corrected chi connectivity index (χ1v) is 9.34. The van der Waals surface area contributed by atoms with Crippen LogP contribution in [0.25, 0.3) is 0 Å². The van der Waals surface area contributed by atoms with Gasteiger partial charge in [-0.05, 0) is 62.2 Å². The lowest BCUT2D eigenvalue weighted by Crippen LogP contribution is -2.42. The van der Waals surface area contributed by atoms with Gasteiger partial charge >= 0.3 is 5.97 Å². The summed E-state index contributed by atoms with van der Waals surface area (Å²) in [6.45, 7) is 5.01. The highest BCUT2D eigenvalue weighted by Gasteiger charge is 2.23. The van der Waals surface area contributed by atoms with Crippen molar-refractivity contribution in [2.75, 3.05) is 5.32 Å². The first kappa shape index (κ1) is 21.4. The normalized spacial score (nSPS) is 12.6. The van der Waals surface area contributed by atoms with Gasteiger partial charge in [-0.15, -0.1) is 0 Å². The third-order valence-electron chi connectivity index (χ3n) is 4.10. The van der Waals surface area contributed by atoms with Gasteiger partial charge in [0.05, 0.1) is 0 Å². The van der Waals surface area contributed by atoms with Crippen molar-refractivity contribution < 1.29 is 19.1 Å². The van der Waals surface area contributed by atoms with Gasteiger partial charge in [0.15, 0.2) is 6.10 Å². The third-order valence-corrected chi connectivity index (χ3v) is 4.35. The van der Waals surface area contributed by atoms with Crippen LogP contribution in [-0.4, -0.2) is 29.9 Å². The number of carbonyl (C=O) groups excluding carboxylic acids is 3. The molecule has 0 spiro atoms. The molecule has 0 aliphatic heterocycles. The number of rotatable bonds is 7. The molecule has 0 heterocycles. The molecule has 0 aliphatic rings. The number of benzene rings is 2. The molecule has 0 aromatic heterocycles. The molecular formula is C21H23ClN2O4. The minimum absolute atomic E-state index is 0.366. The molecule has 148 valence electrons. The van der Waals surface area contributed by atoms with Crippen LogP contribution in [0, 0.1) is 0 Å². The molecule has 6 nitrogen and oxygen atoms in total. The second-order valence-electron chi connectivity index (χ2n) is 6.32. The number of aryl methyl sites for hydroxylation is 1. The van der Waals surface area contributed by atoms with E-state index in [1.807, 2.05) is 19.1 Å². The highest BCUT2D eigenvalue weighted by Crippen LogP contribution is 2.12. The van der Waals surface area contributed by atoms with Crippen LogP contribution in [0.5, 0.6) is 0 Å². The van der Waals surface area contributed by atoms with Gasteiger partial charge in [0.25, 0.3) is 11.8 Å². The van der Waals surface area contributed by atoms with Gasteiger partial charge in [0.2, 0.25) is 0 Å². The fraction of sp³-hybridized carbons (Fsp3) is 0.286. The molecule has 0 saturated heterocycles. The maximum absolute atomic E-state index is 12.2. The van der Waals surface area contributed by atoms with Crippen LogP contribution in [0.3, 0.4) is 0 Å². The van der Waals surface area contributed by atoms with Gasteiger partial charge in [-0.2, -0.15) is 0 Å². The summed E-state index contributed by atoms with van der Waals surface area (Å²) in [5.41, 5.74) is 2.14. The number of anilines is 1. The second-order valence-corrected chi connectivity index (χ2v) is 6.76. The quantitative estimate of drug-likeness (QED) is 0.693. The van der Waals surface area contributed by atoms with E-state index in [9.17, 15) is 14.4 Å². The number of hydrogen-bond acceptors (Lipinski definition) is 4. The zero-order valence-corrected chi connectivity index (χ0v) is 16.7. The molecule has 0 bridgehead atoms. The number of halogens is 1. The van der Waals surface area contributed by atoms with Crippen LogP contribution in [0.4, 0.5) is 5.69 Å². The van der Waals surface area contributed by atoms with E-state index in [0.717, 1.165) is 12.0 Å². The number of esters is 1. The Kier molecular flexibility index (Phi) is 7.58. The smallest absolute Gasteiger partial charge is 0.329 e. The van der Waals surface area contributed by atoms with Gasteiger partial charge in [0, 0.05) is 16.3 Å². The van der Waals surface area contributed by atoms with Crippen LogP contribution in [0.15, 0.2) is 48.5 Å². The average molecular weight is 403 g/mol. The van der Waals surface area contributed by atoms with Crippen molar-refractivity contribution in [3.8, 4) is 0 Å². The predicted octanol–water partition coefficient (Wildman–Crippen LogP) is 3.59. The van der Waals surface area contributed by atoms with Crippen LogP contribution >= 0.6 is 11.6 Å². The summed E-state index contributed by atoms with van der Waals surface area (Å²) in [6, 6.07) is 12.8. The lowest BCUT2D eigenvalue weighted by atomic mass is 10.1. The monoisotopic (exact) mass is 402 g/mol. The molecule has 2 amide bonds. The Balaban J connectivity index is 1.86. The van der Waals surface area contributed by atoms with Crippen LogP contribution < -0.4 is 10.6 Å². The summed E-state index contributed by atoms with van der Waals surface area (Å²) < 4.78 is 5.16. The summed E-state index contributed by atoms with van der Waals surface area (Å²) in [7, 11) is 0. The first-order chi connectivity index (χ1) is 13.3. The van der Waals surface area contributed by atoms with E-state index < -0.39 is 29.9 Å². The molecule has 2 aromatic rings. The number of carbonyl (C=O) groups is 3. The van der Waals surface area contributed by atoms with Crippen molar-refractivity contribution in [3.63, 3.8) is 0 Å². The zero-order valence-electron chi connectivity index (χ0n) is 16.0. The Morgan fingerprint density at radius 2 is 1.61 bits per heavy atom. The van der Waals surface area contributed by atoms with E-state index in [1.54, 1.807) is 36.4 Å². The lowest BCUT2D eigenvalue weighted by Gasteiger charge is -2.17. The van der Waals surface area contributed by atoms with Crippen molar-refractivity contribution in [2.24, 2.45) is 0 Å². The molecule has 2 atom stereocenters. The summed E-state index contributed by atoms with van der Waals surface area (Å²) >= 11 is 5.79. The molecule has 2 aromatic carbocycles. The molecule has 0 unspecified atom stereocenters. The third kappa shape index (κ3) is 6.09. The largest absolute Gasteiger partial charge is 0.451 e. The Morgan fingerprint density at radius 3 is 2.18 bits per heavy atom. The Morgan fingerprint density at radius 1 is 1.00 bits per heavy atom. The molecule has 2 N–H and O–H groups in total. The Hall–Kier alpha value is -2.86. The van der Waals surface area contributed by atoms with Crippen molar-refractivity contribution in [2.45, 2.75) is 39.3 Å². The predicted molar refractivity (Wildman–Crippen MR) is 108 cm³/mol. The average Bonchev–Trinajstić information content (AvgIpc) is 2.68. The van der Waals surface area contributed by atoms with Crippen LogP contribution in [-0.2, 0) is 20.7 Å². The summed E-state index contributed by atoms with van der Waals surface area (Å²) in [5.74, 6) is -1.59. The van der Waals surface area contributed by atoms with E-state index in [1.165, 1.54) is 13.8 Å². The van der Waals surface area contributed by atoms with E-state index in [4.69, 9.17) is 16.3 Å². The topological polar surface area (TPSA) is 84.5 Å². The minimum Gasteiger partial charge on any atom is -0.451 e. The summed E-state index contributed by atoms with van der Waals surface area (Å²) in [6.07, 6.45) is -0.102. The van der Waals surface area contributed by atoms with E-state index >= 15 is 0 Å². The lowest BCUT2D eigenvalue weighted by molar-refractivity contribution is -0.154. The summed E-state index contributed by atoms with van der Waals surface area (Å²) in [4.78, 5) is 36.5. The minimum atomic E-state index is -1.01. The number of hydrogen-bond donors (Lipinski definition) is 2. The molecule has 2 rings (SSSR count). The van der Waals surface area contributed by atoms with Gasteiger partial charge in [-0.25, -0.2) is 4.79 Å². The molecule has 0 fully saturated rings. The highest BCUT2D eigenvalue weighted by molar-refractivity contribution is 6.30. The molecule has 0 aliphatic carbocycles. The molecule has 28 heavy (non-hydrogen) atoms. The second kappa shape index (κ2) is 9.90. The van der Waals surface area contributed by atoms with E-state index in [2.05, 4.69) is 10.6 Å². The molecular weight excluding hydrogens is 380 g/mol. The van der Waals surface area contributed by atoms with Crippen molar-refractivity contribution in [3.05, 3.63) is 64.7 Å². The van der Waals surface area contributed by atoms with Crippen LogP contribution in [0.1, 0.15) is 36.7 Å². The number of ether oxygens (including phenoxy) is 1. The Labute approximate surface area is 169 Å². The molecule has 0 saturated carbocycles. The fourth-order valence-corrected chi connectivity index (χ4v) is 2.46. The maximum Gasteiger partial charge on any atom is 0.329 e. The maximum atomic E-state index is 12.2. The van der Waals surface area contributed by atoms with Crippen molar-refractivity contribution in [1.82, 2.24) is 5.32 Å². The van der Waals surface area contributed by atoms with E-state index in [0.29, 0.717) is 16.3 Å². The highest BCUT2D eigenvalue weighted by atomic mass is 35.5. The standard InChI is InChI=1S/C21H23ClN2O4/c1-4-15-5-11-18(12-6-15)24-19(25)14(3)28-21(27)13(2)23-20(26)16-7-9-17(22)10-8-16/h5-14H,4H2,1-3H3,(H,23,26)(H,24,25)/t13-,14+/m0/s1. The zero-order chi connectivity index (χ0) is 20.7. The first-order valence-electron chi connectivity index (χ1n) is 8.97. The van der Waals surface area contributed by atoms with Gasteiger partial charge in [0.1, 0.15) is 6.04 Å². The van der Waals surface area contributed by atoms with Gasteiger partial charge in [-0.3, -0.25) is 9.59 Å². The molecule has 7 heteroatoms. The number of amides is 2. The molecule has 0 radical (unpaired) electrons.